The number of hydrogen-bond donors (Lipinski definition) is 1. The highest BCUT2D eigenvalue weighted by molar-refractivity contribution is 7.91. The van der Waals surface area contributed by atoms with Gasteiger partial charge in [0.1, 0.15) is 12.5 Å². The van der Waals surface area contributed by atoms with Gasteiger partial charge in [0.15, 0.2) is 9.84 Å². The van der Waals surface area contributed by atoms with Crippen molar-refractivity contribution in [3.8, 4) is 0 Å². The molecule has 3 aromatic rings. The molecule has 7 nitrogen and oxygen atoms in total. The van der Waals surface area contributed by atoms with E-state index in [2.05, 4.69) is 10.3 Å². The van der Waals surface area contributed by atoms with Crippen LogP contribution in [-0.4, -0.2) is 57.5 Å². The van der Waals surface area contributed by atoms with E-state index in [1.807, 2.05) is 4.90 Å². The highest BCUT2D eigenvalue weighted by Crippen LogP contribution is 2.36. The molecule has 0 aliphatic carbocycles. The van der Waals surface area contributed by atoms with Crippen LogP contribution in [0, 0.1) is 0 Å². The number of benzene rings is 2. The molecule has 1 aliphatic heterocycles. The van der Waals surface area contributed by atoms with Gasteiger partial charge in [0, 0.05) is 25.2 Å². The van der Waals surface area contributed by atoms with Gasteiger partial charge in [0.25, 0.3) is 5.91 Å². The minimum Gasteiger partial charge on any atom is -0.377 e. The van der Waals surface area contributed by atoms with E-state index in [-0.39, 0.29) is 48.3 Å². The van der Waals surface area contributed by atoms with Crippen LogP contribution in [0.5, 0.6) is 0 Å². The topological polar surface area (TPSA) is 88.6 Å². The summed E-state index contributed by atoms with van der Waals surface area (Å²) >= 11 is 0. The lowest BCUT2D eigenvalue weighted by atomic mass is 9.95. The Bertz CT molecular complexity index is 1410. The lowest BCUT2D eigenvalue weighted by Gasteiger charge is -2.25. The number of nitrogens with one attached hydrogen (secondary N) is 1. The third-order valence-electron chi connectivity index (χ3n) is 7.08. The number of anilines is 1. The summed E-state index contributed by atoms with van der Waals surface area (Å²) in [4.78, 5) is 19.4. The summed E-state index contributed by atoms with van der Waals surface area (Å²) in [6, 6.07) is 14.6. The summed E-state index contributed by atoms with van der Waals surface area (Å²) in [5, 5.41) is 2.79. The Morgan fingerprint density at radius 1 is 1.07 bits per heavy atom. The molecule has 1 saturated heterocycles. The maximum absolute atomic E-state index is 13.0. The lowest BCUT2D eigenvalue weighted by Crippen LogP contribution is -2.34. The number of aromatic nitrogens is 1. The number of halogens is 4. The van der Waals surface area contributed by atoms with E-state index >= 15 is 0 Å². The van der Waals surface area contributed by atoms with Crippen molar-refractivity contribution in [3.63, 3.8) is 0 Å². The van der Waals surface area contributed by atoms with E-state index < -0.39 is 28.3 Å². The van der Waals surface area contributed by atoms with Gasteiger partial charge in [-0.3, -0.25) is 4.79 Å². The minimum atomic E-state index is -4.41. The largest absolute Gasteiger partial charge is 0.416 e. The fraction of sp³-hybridized carbons (Fsp3) is 0.379. The van der Waals surface area contributed by atoms with Crippen LogP contribution < -0.4 is 10.2 Å². The predicted octanol–water partition coefficient (Wildman–Crippen LogP) is 5.17. The van der Waals surface area contributed by atoms with Gasteiger partial charge in [-0.1, -0.05) is 31.2 Å². The molecule has 1 unspecified atom stereocenters. The number of ether oxygens (including phenoxy) is 1. The number of hydrogen-bond acceptors (Lipinski definition) is 6. The number of alkyl halides is 4. The first-order chi connectivity index (χ1) is 19.5. The van der Waals surface area contributed by atoms with Crippen molar-refractivity contribution in [1.29, 1.82) is 0 Å². The number of amides is 1. The Hall–Kier alpha value is -3.51. The Labute approximate surface area is 236 Å². The molecule has 0 spiro atoms. The third-order valence-corrected chi connectivity index (χ3v) is 8.83. The fourth-order valence-corrected chi connectivity index (χ4v) is 5.66. The van der Waals surface area contributed by atoms with Gasteiger partial charge in [0.2, 0.25) is 0 Å². The number of carbonyl (C=O) groups excluding carboxylic acids is 1. The van der Waals surface area contributed by atoms with Gasteiger partial charge in [-0.25, -0.2) is 17.8 Å². The van der Waals surface area contributed by atoms with Crippen molar-refractivity contribution in [2.45, 2.75) is 42.9 Å². The summed E-state index contributed by atoms with van der Waals surface area (Å²) in [7, 11) is -3.30. The van der Waals surface area contributed by atoms with Crippen LogP contribution in [0.4, 0.5) is 23.4 Å². The van der Waals surface area contributed by atoms with E-state index in [9.17, 15) is 30.8 Å². The van der Waals surface area contributed by atoms with Gasteiger partial charge < -0.3 is 15.0 Å². The van der Waals surface area contributed by atoms with Gasteiger partial charge >= 0.3 is 6.18 Å². The molecule has 2 atom stereocenters. The third kappa shape index (κ3) is 7.62. The van der Waals surface area contributed by atoms with Crippen molar-refractivity contribution in [2.24, 2.45) is 0 Å². The molecule has 220 valence electrons. The number of rotatable bonds is 11. The summed E-state index contributed by atoms with van der Waals surface area (Å²) in [6.07, 6.45) is -2.39. The molecule has 0 radical (unpaired) electrons. The zero-order chi connectivity index (χ0) is 29.6. The molecule has 1 aromatic heterocycles. The summed E-state index contributed by atoms with van der Waals surface area (Å²) < 4.78 is 81.0. The van der Waals surface area contributed by atoms with Crippen molar-refractivity contribution in [3.05, 3.63) is 89.1 Å². The van der Waals surface area contributed by atoms with Gasteiger partial charge in [0.05, 0.1) is 41.0 Å². The van der Waals surface area contributed by atoms with Crippen molar-refractivity contribution < 1.29 is 35.5 Å². The second-order valence-electron chi connectivity index (χ2n) is 9.76. The monoisotopic (exact) mass is 593 g/mol. The molecule has 12 heteroatoms. The molecule has 1 aliphatic rings. The quantitative estimate of drug-likeness (QED) is 0.244. The number of pyridine rings is 1. The molecule has 1 N–H and O–H groups in total. The van der Waals surface area contributed by atoms with Crippen LogP contribution in [-0.2, 0) is 27.3 Å². The van der Waals surface area contributed by atoms with Crippen molar-refractivity contribution in [1.82, 2.24) is 10.3 Å². The van der Waals surface area contributed by atoms with Crippen molar-refractivity contribution in [2.75, 3.05) is 37.1 Å². The molecular weight excluding hydrogens is 562 g/mol. The van der Waals surface area contributed by atoms with E-state index in [0.29, 0.717) is 24.3 Å². The highest BCUT2D eigenvalue weighted by Gasteiger charge is 2.35. The average Bonchev–Trinajstić information content (AvgIpc) is 3.40. The normalized spacial score (nSPS) is 17.5. The molecule has 2 aromatic carbocycles. The molecule has 0 saturated carbocycles. The van der Waals surface area contributed by atoms with E-state index in [1.54, 1.807) is 31.2 Å². The zero-order valence-corrected chi connectivity index (χ0v) is 23.2. The molecule has 1 fully saturated rings. The molecule has 41 heavy (non-hydrogen) atoms. The van der Waals surface area contributed by atoms with Crippen LogP contribution in [0.3, 0.4) is 0 Å². The van der Waals surface area contributed by atoms with Gasteiger partial charge in [-0.05, 0) is 53.9 Å². The molecular formula is C29H31F4N3O4S. The molecule has 0 bridgehead atoms. The van der Waals surface area contributed by atoms with E-state index in [1.165, 1.54) is 30.5 Å². The van der Waals surface area contributed by atoms with E-state index in [4.69, 9.17) is 4.74 Å². The first kappa shape index (κ1) is 30.4. The van der Waals surface area contributed by atoms with Crippen LogP contribution in [0.1, 0.15) is 46.3 Å². The van der Waals surface area contributed by atoms with Gasteiger partial charge in [-0.15, -0.1) is 0 Å². The predicted molar refractivity (Wildman–Crippen MR) is 146 cm³/mol. The van der Waals surface area contributed by atoms with Crippen molar-refractivity contribution >= 4 is 21.6 Å². The SMILES string of the molecule is CCS(=O)(=O)c1ccc(CNC(=O)c2ccc(N3CC(c4ccc(C(F)(F)F)cc4)C[C@H]3COCCF)nc2)cc1. The van der Waals surface area contributed by atoms with Crippen LogP contribution >= 0.6 is 0 Å². The first-order valence-corrected chi connectivity index (χ1v) is 14.8. The molecule has 4 rings (SSSR count). The Morgan fingerprint density at radius 3 is 2.37 bits per heavy atom. The number of sulfone groups is 1. The molecule has 2 heterocycles. The lowest BCUT2D eigenvalue weighted by molar-refractivity contribution is -0.137. The Kier molecular flexibility index (Phi) is 9.64. The Morgan fingerprint density at radius 2 is 1.78 bits per heavy atom. The molecule has 1 amide bonds. The maximum Gasteiger partial charge on any atom is 0.416 e. The first-order valence-electron chi connectivity index (χ1n) is 13.1. The number of nitrogens with zero attached hydrogens (tertiary/aromatic N) is 2. The van der Waals surface area contributed by atoms with Crippen LogP contribution in [0.2, 0.25) is 0 Å². The van der Waals surface area contributed by atoms with E-state index in [0.717, 1.165) is 23.3 Å². The van der Waals surface area contributed by atoms with Gasteiger partial charge in [-0.2, -0.15) is 13.2 Å². The maximum atomic E-state index is 13.0. The summed E-state index contributed by atoms with van der Waals surface area (Å²) in [5.74, 6) is 0.128. The second-order valence-corrected chi connectivity index (χ2v) is 12.0. The minimum absolute atomic E-state index is 0.00457. The Balaban J connectivity index is 1.42. The zero-order valence-electron chi connectivity index (χ0n) is 22.4. The summed E-state index contributed by atoms with van der Waals surface area (Å²) in [5.41, 5.74) is 1.10. The summed E-state index contributed by atoms with van der Waals surface area (Å²) in [6.45, 7) is 1.78. The number of carbonyl (C=O) groups is 1. The fourth-order valence-electron chi connectivity index (χ4n) is 4.77. The second kappa shape index (κ2) is 13.0. The van der Waals surface area contributed by atoms with Crippen LogP contribution in [0.25, 0.3) is 0 Å². The smallest absolute Gasteiger partial charge is 0.377 e. The van der Waals surface area contributed by atoms with Crippen LogP contribution in [0.15, 0.2) is 71.8 Å². The standard InChI is InChI=1S/C29H31F4N3O4S/c1-2-41(38,39)26-10-3-20(4-11-26)16-35-28(37)22-7-12-27(34-17-22)36-18-23(15-25(36)19-40-14-13-30)21-5-8-24(9-6-21)29(31,32)33/h3-12,17,23,25H,2,13-16,18-19H2,1H3,(H,35,37)/t23?,25-/m0/s1. The highest BCUT2D eigenvalue weighted by atomic mass is 32.2. The average molecular weight is 594 g/mol.